The molecular formula is C21H21N3O3. The Hall–Kier alpha value is -3.15. The molecule has 2 aromatic carbocycles. The first-order valence-corrected chi connectivity index (χ1v) is 9.07. The Bertz CT molecular complexity index is 1100. The first kappa shape index (κ1) is 17.3. The molecule has 4 rings (SSSR count). The molecule has 0 atom stereocenters. The second-order valence-corrected chi connectivity index (χ2v) is 7.09. The molecule has 0 saturated heterocycles. The smallest absolute Gasteiger partial charge is 0.315 e. The molecule has 1 amide bonds. The number of carbonyl (C=O) groups is 1. The topological polar surface area (TPSA) is 75.4 Å². The molecule has 2 heterocycles. The summed E-state index contributed by atoms with van der Waals surface area (Å²) in [5.41, 5.74) is 0.319. The maximum Gasteiger partial charge on any atom is 0.315 e. The van der Waals surface area contributed by atoms with E-state index in [9.17, 15) is 14.7 Å². The quantitative estimate of drug-likeness (QED) is 0.776. The molecule has 0 saturated carbocycles. The van der Waals surface area contributed by atoms with Crippen molar-refractivity contribution in [3.63, 3.8) is 0 Å². The molecule has 0 spiro atoms. The molecule has 3 aromatic rings. The van der Waals surface area contributed by atoms with E-state index in [0.717, 1.165) is 16.3 Å². The summed E-state index contributed by atoms with van der Waals surface area (Å²) in [4.78, 5) is 30.8. The molecule has 0 radical (unpaired) electrons. The summed E-state index contributed by atoms with van der Waals surface area (Å²) < 4.78 is 1.69. The third-order valence-corrected chi connectivity index (χ3v) is 5.12. The third kappa shape index (κ3) is 2.87. The number of aromatic nitrogens is 2. The van der Waals surface area contributed by atoms with Gasteiger partial charge in [-0.2, -0.15) is 4.98 Å². The van der Waals surface area contributed by atoms with Crippen molar-refractivity contribution in [1.29, 1.82) is 0 Å². The second-order valence-electron chi connectivity index (χ2n) is 7.09. The number of benzene rings is 2. The standard InChI is InChI=1S/C21H21N3O3/c1-13(2)23-10-11-24-17(22-20(26)19(25)18(24)21(23)27)12-15-8-5-7-14-6-3-4-9-16(14)15/h3-9,13,25H,10-12H2,1-2H3. The fourth-order valence-electron chi connectivity index (χ4n) is 3.74. The van der Waals surface area contributed by atoms with Gasteiger partial charge in [-0.05, 0) is 30.2 Å². The van der Waals surface area contributed by atoms with Gasteiger partial charge in [-0.25, -0.2) is 0 Å². The highest BCUT2D eigenvalue weighted by atomic mass is 16.3. The zero-order valence-corrected chi connectivity index (χ0v) is 15.3. The predicted molar refractivity (Wildman–Crippen MR) is 103 cm³/mol. The molecule has 0 unspecified atom stereocenters. The molecule has 138 valence electrons. The summed E-state index contributed by atoms with van der Waals surface area (Å²) in [6, 6.07) is 14.0. The van der Waals surface area contributed by atoms with Crippen LogP contribution in [0.2, 0.25) is 0 Å². The molecule has 6 nitrogen and oxygen atoms in total. The van der Waals surface area contributed by atoms with Crippen LogP contribution in [0, 0.1) is 0 Å². The monoisotopic (exact) mass is 363 g/mol. The Morgan fingerprint density at radius 2 is 1.81 bits per heavy atom. The van der Waals surface area contributed by atoms with E-state index in [1.807, 2.05) is 56.3 Å². The highest BCUT2D eigenvalue weighted by molar-refractivity contribution is 5.96. The van der Waals surface area contributed by atoms with E-state index >= 15 is 0 Å². The van der Waals surface area contributed by atoms with Crippen LogP contribution in [0.4, 0.5) is 0 Å². The lowest BCUT2D eigenvalue weighted by molar-refractivity contribution is 0.0638. The van der Waals surface area contributed by atoms with E-state index in [0.29, 0.717) is 25.3 Å². The molecule has 0 aliphatic carbocycles. The molecule has 1 N–H and O–H groups in total. The van der Waals surface area contributed by atoms with Crippen molar-refractivity contribution in [1.82, 2.24) is 14.5 Å². The minimum absolute atomic E-state index is 0.00423. The minimum Gasteiger partial charge on any atom is -0.501 e. The Kier molecular flexibility index (Phi) is 4.18. The Balaban J connectivity index is 1.85. The van der Waals surface area contributed by atoms with E-state index < -0.39 is 11.3 Å². The van der Waals surface area contributed by atoms with Gasteiger partial charge < -0.3 is 14.6 Å². The molecule has 0 fully saturated rings. The Morgan fingerprint density at radius 1 is 1.07 bits per heavy atom. The van der Waals surface area contributed by atoms with Gasteiger partial charge in [0.25, 0.3) is 5.91 Å². The third-order valence-electron chi connectivity index (χ3n) is 5.12. The van der Waals surface area contributed by atoms with Crippen LogP contribution in [-0.2, 0) is 13.0 Å². The van der Waals surface area contributed by atoms with Gasteiger partial charge in [-0.15, -0.1) is 0 Å². The number of hydrogen-bond acceptors (Lipinski definition) is 4. The number of fused-ring (bicyclic) bond motifs is 2. The Morgan fingerprint density at radius 3 is 2.59 bits per heavy atom. The summed E-state index contributed by atoms with van der Waals surface area (Å²) in [5, 5.41) is 12.4. The Labute approximate surface area is 156 Å². The van der Waals surface area contributed by atoms with Crippen LogP contribution in [-0.4, -0.2) is 38.1 Å². The lowest BCUT2D eigenvalue weighted by atomic mass is 10.0. The lowest BCUT2D eigenvalue weighted by Crippen LogP contribution is -2.46. The number of carbonyl (C=O) groups excluding carboxylic acids is 1. The van der Waals surface area contributed by atoms with Crippen molar-refractivity contribution in [2.75, 3.05) is 6.54 Å². The largest absolute Gasteiger partial charge is 0.501 e. The van der Waals surface area contributed by atoms with Gasteiger partial charge in [-0.1, -0.05) is 42.5 Å². The van der Waals surface area contributed by atoms with E-state index in [1.165, 1.54) is 0 Å². The van der Waals surface area contributed by atoms with E-state index in [4.69, 9.17) is 0 Å². The van der Waals surface area contributed by atoms with Crippen molar-refractivity contribution < 1.29 is 9.90 Å². The first-order valence-electron chi connectivity index (χ1n) is 9.07. The summed E-state index contributed by atoms with van der Waals surface area (Å²) in [7, 11) is 0. The van der Waals surface area contributed by atoms with Crippen molar-refractivity contribution in [2.24, 2.45) is 0 Å². The maximum atomic E-state index is 12.8. The minimum atomic E-state index is -0.754. The van der Waals surface area contributed by atoms with Gasteiger partial charge in [0, 0.05) is 25.6 Å². The number of hydrogen-bond donors (Lipinski definition) is 1. The summed E-state index contributed by atoms with van der Waals surface area (Å²) >= 11 is 0. The van der Waals surface area contributed by atoms with Gasteiger partial charge in [0.1, 0.15) is 5.82 Å². The fourth-order valence-corrected chi connectivity index (χ4v) is 3.74. The van der Waals surface area contributed by atoms with Crippen molar-refractivity contribution in [3.8, 4) is 5.75 Å². The highest BCUT2D eigenvalue weighted by Crippen LogP contribution is 2.25. The number of aromatic hydroxyl groups is 1. The van der Waals surface area contributed by atoms with Crippen molar-refractivity contribution in [2.45, 2.75) is 32.9 Å². The van der Waals surface area contributed by atoms with Gasteiger partial charge in [0.05, 0.1) is 0 Å². The van der Waals surface area contributed by atoms with Crippen LogP contribution in [0.15, 0.2) is 47.3 Å². The zero-order valence-electron chi connectivity index (χ0n) is 15.3. The zero-order chi connectivity index (χ0) is 19.1. The van der Waals surface area contributed by atoms with E-state index in [-0.39, 0.29) is 17.6 Å². The van der Waals surface area contributed by atoms with Crippen LogP contribution in [0.3, 0.4) is 0 Å². The van der Waals surface area contributed by atoms with Gasteiger partial charge in [0.15, 0.2) is 5.69 Å². The normalized spacial score (nSPS) is 14.0. The molecule has 6 heteroatoms. The number of rotatable bonds is 3. The van der Waals surface area contributed by atoms with Gasteiger partial charge >= 0.3 is 5.56 Å². The lowest BCUT2D eigenvalue weighted by Gasteiger charge is -2.33. The summed E-state index contributed by atoms with van der Waals surface area (Å²) in [5.74, 6) is -0.389. The van der Waals surface area contributed by atoms with E-state index in [2.05, 4.69) is 4.98 Å². The summed E-state index contributed by atoms with van der Waals surface area (Å²) in [6.07, 6.45) is 0.416. The van der Waals surface area contributed by atoms with E-state index in [1.54, 1.807) is 9.47 Å². The highest BCUT2D eigenvalue weighted by Gasteiger charge is 2.32. The van der Waals surface area contributed by atoms with Gasteiger partial charge in [-0.3, -0.25) is 9.59 Å². The molecule has 1 aromatic heterocycles. The fraction of sp³-hybridized carbons (Fsp3) is 0.286. The molecule has 27 heavy (non-hydrogen) atoms. The predicted octanol–water partition coefficient (Wildman–Crippen LogP) is 2.56. The molecule has 0 bridgehead atoms. The molecule has 1 aliphatic heterocycles. The van der Waals surface area contributed by atoms with Crippen LogP contribution < -0.4 is 5.56 Å². The first-order chi connectivity index (χ1) is 13.0. The maximum absolute atomic E-state index is 12.8. The van der Waals surface area contributed by atoms with Crippen LogP contribution in [0.1, 0.15) is 35.7 Å². The molecule has 1 aliphatic rings. The number of nitrogens with zero attached hydrogens (tertiary/aromatic N) is 3. The average Bonchev–Trinajstić information content (AvgIpc) is 2.65. The van der Waals surface area contributed by atoms with Crippen molar-refractivity contribution in [3.05, 3.63) is 69.9 Å². The second kappa shape index (κ2) is 6.54. The van der Waals surface area contributed by atoms with Crippen LogP contribution >= 0.6 is 0 Å². The van der Waals surface area contributed by atoms with Crippen LogP contribution in [0.5, 0.6) is 5.75 Å². The van der Waals surface area contributed by atoms with Crippen molar-refractivity contribution >= 4 is 16.7 Å². The average molecular weight is 363 g/mol. The van der Waals surface area contributed by atoms with Crippen LogP contribution in [0.25, 0.3) is 10.8 Å². The summed E-state index contributed by atoms with van der Waals surface area (Å²) in [6.45, 7) is 4.86. The SMILES string of the molecule is CC(C)N1CCn2c(Cc3cccc4ccccc34)nc(=O)c(O)c2C1=O. The number of amides is 1. The molecular weight excluding hydrogens is 342 g/mol. The van der Waals surface area contributed by atoms with Gasteiger partial charge in [0.2, 0.25) is 5.75 Å².